The normalized spacial score (nSPS) is 11.7. The van der Waals surface area contributed by atoms with Crippen LogP contribution in [-0.2, 0) is 0 Å². The van der Waals surface area contributed by atoms with E-state index < -0.39 is 0 Å². The van der Waals surface area contributed by atoms with E-state index in [4.69, 9.17) is 11.6 Å². The topological polar surface area (TPSA) is 26.1 Å². The van der Waals surface area contributed by atoms with Crippen LogP contribution in [0.1, 0.15) is 4.88 Å². The molecular formula is C11H8ClNOS. The molecule has 0 fully saturated rings. The highest BCUT2D eigenvalue weighted by molar-refractivity contribution is 7.11. The van der Waals surface area contributed by atoms with Crippen LogP contribution in [0.5, 0.6) is 0 Å². The summed E-state index contributed by atoms with van der Waals surface area (Å²) < 4.78 is 0.835. The van der Waals surface area contributed by atoms with Gasteiger partial charge < -0.3 is 5.21 Å². The SMILES string of the molecule is [O-]/[N+](=C/c1cccs1)c1ccc(Cl)cc1. The number of benzene rings is 1. The Hall–Kier alpha value is -1.32. The van der Waals surface area contributed by atoms with Gasteiger partial charge in [-0.15, -0.1) is 11.3 Å². The van der Waals surface area contributed by atoms with Crippen molar-refractivity contribution in [2.75, 3.05) is 0 Å². The maximum Gasteiger partial charge on any atom is 0.216 e. The molecule has 0 aliphatic heterocycles. The van der Waals surface area contributed by atoms with Gasteiger partial charge in [0.2, 0.25) is 5.69 Å². The summed E-state index contributed by atoms with van der Waals surface area (Å²) >= 11 is 7.26. The zero-order chi connectivity index (χ0) is 10.7. The third-order valence-electron chi connectivity index (χ3n) is 1.87. The second-order valence-electron chi connectivity index (χ2n) is 2.95. The van der Waals surface area contributed by atoms with E-state index in [0.29, 0.717) is 10.7 Å². The minimum atomic E-state index is 0.577. The zero-order valence-electron chi connectivity index (χ0n) is 7.76. The van der Waals surface area contributed by atoms with Crippen molar-refractivity contribution in [1.29, 1.82) is 0 Å². The highest BCUT2D eigenvalue weighted by Crippen LogP contribution is 2.16. The van der Waals surface area contributed by atoms with E-state index in [1.807, 2.05) is 17.5 Å². The van der Waals surface area contributed by atoms with Gasteiger partial charge in [0, 0.05) is 17.2 Å². The molecule has 1 heterocycles. The summed E-state index contributed by atoms with van der Waals surface area (Å²) in [6.45, 7) is 0. The molecular weight excluding hydrogens is 230 g/mol. The molecule has 2 aromatic rings. The first-order chi connectivity index (χ1) is 7.25. The van der Waals surface area contributed by atoms with Gasteiger partial charge in [0.15, 0.2) is 6.21 Å². The van der Waals surface area contributed by atoms with Crippen molar-refractivity contribution in [2.45, 2.75) is 0 Å². The first-order valence-electron chi connectivity index (χ1n) is 4.36. The van der Waals surface area contributed by atoms with E-state index >= 15 is 0 Å². The molecule has 0 saturated carbocycles. The molecule has 2 nitrogen and oxygen atoms in total. The van der Waals surface area contributed by atoms with E-state index in [2.05, 4.69) is 0 Å². The predicted octanol–water partition coefficient (Wildman–Crippen LogP) is 3.66. The molecule has 0 N–H and O–H groups in total. The van der Waals surface area contributed by atoms with Crippen LogP contribution in [-0.4, -0.2) is 11.0 Å². The lowest BCUT2D eigenvalue weighted by molar-refractivity contribution is -0.354. The molecule has 0 saturated heterocycles. The molecule has 0 atom stereocenters. The summed E-state index contributed by atoms with van der Waals surface area (Å²) in [5.74, 6) is 0. The summed E-state index contributed by atoms with van der Waals surface area (Å²) in [6.07, 6.45) is 1.55. The minimum Gasteiger partial charge on any atom is -0.618 e. The molecule has 0 radical (unpaired) electrons. The largest absolute Gasteiger partial charge is 0.618 e. The van der Waals surface area contributed by atoms with Crippen molar-refractivity contribution >= 4 is 34.8 Å². The molecule has 2 rings (SSSR count). The van der Waals surface area contributed by atoms with Crippen LogP contribution < -0.4 is 0 Å². The fraction of sp³-hybridized carbons (Fsp3) is 0. The van der Waals surface area contributed by atoms with Crippen molar-refractivity contribution < 1.29 is 4.74 Å². The van der Waals surface area contributed by atoms with Gasteiger partial charge in [-0.3, -0.25) is 0 Å². The average Bonchev–Trinajstić information content (AvgIpc) is 2.71. The van der Waals surface area contributed by atoms with Gasteiger partial charge in [-0.1, -0.05) is 17.7 Å². The second kappa shape index (κ2) is 4.47. The van der Waals surface area contributed by atoms with Gasteiger partial charge in [0.05, 0.1) is 4.88 Å². The fourth-order valence-corrected chi connectivity index (χ4v) is 1.90. The maximum atomic E-state index is 11.6. The summed E-state index contributed by atoms with van der Waals surface area (Å²) in [4.78, 5) is 0.931. The van der Waals surface area contributed by atoms with Gasteiger partial charge in [0.25, 0.3) is 0 Å². The van der Waals surface area contributed by atoms with Crippen LogP contribution >= 0.6 is 22.9 Å². The molecule has 0 bridgehead atoms. The lowest BCUT2D eigenvalue weighted by atomic mass is 10.3. The van der Waals surface area contributed by atoms with Gasteiger partial charge >= 0.3 is 0 Å². The summed E-state index contributed by atoms with van der Waals surface area (Å²) in [5.41, 5.74) is 0.577. The number of hydrogen-bond donors (Lipinski definition) is 0. The van der Waals surface area contributed by atoms with Crippen LogP contribution in [0.3, 0.4) is 0 Å². The number of halogens is 1. The smallest absolute Gasteiger partial charge is 0.216 e. The van der Waals surface area contributed by atoms with Crippen LogP contribution in [0.25, 0.3) is 0 Å². The van der Waals surface area contributed by atoms with Crippen LogP contribution in [0.15, 0.2) is 41.8 Å². The Labute approximate surface area is 96.7 Å². The van der Waals surface area contributed by atoms with Crippen molar-refractivity contribution in [3.05, 3.63) is 56.9 Å². The van der Waals surface area contributed by atoms with Gasteiger partial charge in [-0.05, 0) is 23.6 Å². The Kier molecular flexibility index (Phi) is 3.04. The van der Waals surface area contributed by atoms with Crippen molar-refractivity contribution in [3.63, 3.8) is 0 Å². The Morgan fingerprint density at radius 1 is 1.20 bits per heavy atom. The summed E-state index contributed by atoms with van der Waals surface area (Å²) in [5, 5.41) is 14.2. The van der Waals surface area contributed by atoms with E-state index in [0.717, 1.165) is 9.62 Å². The molecule has 4 heteroatoms. The molecule has 1 aromatic carbocycles. The monoisotopic (exact) mass is 237 g/mol. The Bertz CT molecular complexity index is 462. The fourth-order valence-electron chi connectivity index (χ4n) is 1.14. The van der Waals surface area contributed by atoms with Gasteiger partial charge in [-0.2, -0.15) is 4.74 Å². The van der Waals surface area contributed by atoms with Crippen LogP contribution in [0, 0.1) is 5.21 Å². The Morgan fingerprint density at radius 2 is 1.93 bits per heavy atom. The third-order valence-corrected chi connectivity index (χ3v) is 2.93. The third kappa shape index (κ3) is 2.58. The Balaban J connectivity index is 2.28. The highest BCUT2D eigenvalue weighted by Gasteiger charge is 2.01. The van der Waals surface area contributed by atoms with Crippen molar-refractivity contribution in [3.8, 4) is 0 Å². The standard InChI is InChI=1S/C11H8ClNOS/c12-9-3-5-10(6-4-9)13(14)8-11-2-1-7-15-11/h1-8H/b13-8+. The molecule has 0 aliphatic rings. The lowest BCUT2D eigenvalue weighted by Crippen LogP contribution is -1.96. The average molecular weight is 238 g/mol. The number of nitrogens with zero attached hydrogens (tertiary/aromatic N) is 1. The first-order valence-corrected chi connectivity index (χ1v) is 5.62. The molecule has 1 aromatic heterocycles. The molecule has 76 valence electrons. The number of rotatable bonds is 2. The number of hydrogen-bond acceptors (Lipinski definition) is 2. The lowest BCUT2D eigenvalue weighted by Gasteiger charge is -2.01. The zero-order valence-corrected chi connectivity index (χ0v) is 9.33. The molecule has 0 spiro atoms. The molecule has 15 heavy (non-hydrogen) atoms. The molecule has 0 amide bonds. The first kappa shape index (κ1) is 10.2. The Morgan fingerprint density at radius 3 is 2.53 bits per heavy atom. The van der Waals surface area contributed by atoms with E-state index in [-0.39, 0.29) is 0 Å². The van der Waals surface area contributed by atoms with E-state index in [1.165, 1.54) is 11.3 Å². The molecule has 0 unspecified atom stereocenters. The summed E-state index contributed by atoms with van der Waals surface area (Å²) in [7, 11) is 0. The maximum absolute atomic E-state index is 11.6. The predicted molar refractivity (Wildman–Crippen MR) is 64.2 cm³/mol. The highest BCUT2D eigenvalue weighted by atomic mass is 35.5. The number of thiophene rings is 1. The van der Waals surface area contributed by atoms with Crippen molar-refractivity contribution in [1.82, 2.24) is 0 Å². The van der Waals surface area contributed by atoms with E-state index in [1.54, 1.807) is 30.5 Å². The van der Waals surface area contributed by atoms with Gasteiger partial charge in [-0.25, -0.2) is 0 Å². The van der Waals surface area contributed by atoms with Crippen LogP contribution in [0.2, 0.25) is 5.02 Å². The molecule has 0 aliphatic carbocycles. The van der Waals surface area contributed by atoms with Gasteiger partial charge in [0.1, 0.15) is 0 Å². The minimum absolute atomic E-state index is 0.577. The van der Waals surface area contributed by atoms with Crippen molar-refractivity contribution in [2.24, 2.45) is 0 Å². The second-order valence-corrected chi connectivity index (χ2v) is 4.36. The van der Waals surface area contributed by atoms with E-state index in [9.17, 15) is 5.21 Å². The van der Waals surface area contributed by atoms with Crippen LogP contribution in [0.4, 0.5) is 5.69 Å². The quantitative estimate of drug-likeness (QED) is 0.339. The summed E-state index contributed by atoms with van der Waals surface area (Å²) in [6, 6.07) is 10.6.